The first kappa shape index (κ1) is 18.6. The second-order valence-corrected chi connectivity index (χ2v) is 7.28. The summed E-state index contributed by atoms with van der Waals surface area (Å²) in [6, 6.07) is 0.652. The molecule has 0 heterocycles. The Bertz CT molecular complexity index is 310. The molecule has 0 atom stereocenters. The molecular weight excluding hydrogens is 286 g/mol. The van der Waals surface area contributed by atoms with E-state index in [1.54, 1.807) is 0 Å². The summed E-state index contributed by atoms with van der Waals surface area (Å²) in [5, 5.41) is 0. The maximum absolute atomic E-state index is 10.5. The van der Waals surface area contributed by atoms with E-state index in [-0.39, 0.29) is 0 Å². The van der Waals surface area contributed by atoms with Gasteiger partial charge in [0.2, 0.25) is 10.9 Å². The molecule has 0 aromatic rings. The molecule has 114 valence electrons. The fourth-order valence-corrected chi connectivity index (χ4v) is 4.69. The third-order valence-electron chi connectivity index (χ3n) is 2.30. The molecule has 0 spiro atoms. The predicted octanol–water partition coefficient (Wildman–Crippen LogP) is 1.44. The Hall–Kier alpha value is -0.413. The van der Waals surface area contributed by atoms with Crippen LogP contribution in [-0.4, -0.2) is 37.0 Å². The summed E-state index contributed by atoms with van der Waals surface area (Å²) in [6.45, 7) is 11.0. The predicted molar refractivity (Wildman–Crippen MR) is 77.3 cm³/mol. The SMILES string of the molecule is C=C(CCC[Si](OCC)(OCC)OCC)N[SH](=O)=O. The van der Waals surface area contributed by atoms with Crippen molar-refractivity contribution in [1.82, 2.24) is 4.72 Å². The maximum Gasteiger partial charge on any atom is 0.500 e. The number of nitrogens with one attached hydrogen (secondary N) is 1. The Morgan fingerprint density at radius 2 is 1.58 bits per heavy atom. The minimum absolute atomic E-state index is 0.475. The number of hydrogen-bond donors (Lipinski definition) is 2. The van der Waals surface area contributed by atoms with E-state index >= 15 is 0 Å². The highest BCUT2D eigenvalue weighted by Gasteiger charge is 2.39. The van der Waals surface area contributed by atoms with Gasteiger partial charge in [-0.3, -0.25) is 4.72 Å². The molecule has 0 amide bonds. The zero-order valence-corrected chi connectivity index (χ0v) is 13.8. The molecule has 19 heavy (non-hydrogen) atoms. The molecule has 0 aliphatic rings. The van der Waals surface area contributed by atoms with E-state index in [9.17, 15) is 8.42 Å². The highest BCUT2D eigenvalue weighted by Crippen LogP contribution is 2.20. The van der Waals surface area contributed by atoms with Crippen molar-refractivity contribution in [2.45, 2.75) is 39.7 Å². The van der Waals surface area contributed by atoms with Crippen molar-refractivity contribution in [3.63, 3.8) is 0 Å². The summed E-state index contributed by atoms with van der Waals surface area (Å²) in [4.78, 5) is 0. The lowest BCUT2D eigenvalue weighted by molar-refractivity contribution is 0.0708. The van der Waals surface area contributed by atoms with Crippen LogP contribution in [0.25, 0.3) is 0 Å². The van der Waals surface area contributed by atoms with Gasteiger partial charge in [0.1, 0.15) is 0 Å². The van der Waals surface area contributed by atoms with Crippen LogP contribution >= 0.6 is 0 Å². The van der Waals surface area contributed by atoms with E-state index in [4.69, 9.17) is 13.3 Å². The quantitative estimate of drug-likeness (QED) is 0.421. The molecule has 0 rings (SSSR count). The summed E-state index contributed by atoms with van der Waals surface area (Å²) in [7, 11) is -5.26. The highest BCUT2D eigenvalue weighted by atomic mass is 32.2. The largest absolute Gasteiger partial charge is 0.500 e. The van der Waals surface area contributed by atoms with Gasteiger partial charge in [-0.25, -0.2) is 8.42 Å². The van der Waals surface area contributed by atoms with E-state index in [1.807, 2.05) is 20.8 Å². The molecule has 0 aromatic carbocycles. The minimum atomic E-state index is -2.64. The molecule has 1 N–H and O–H groups in total. The van der Waals surface area contributed by atoms with Crippen LogP contribution in [0.5, 0.6) is 0 Å². The van der Waals surface area contributed by atoms with Crippen LogP contribution in [0.2, 0.25) is 6.04 Å². The Kier molecular flexibility index (Phi) is 10.2. The summed E-state index contributed by atoms with van der Waals surface area (Å²) >= 11 is 0. The van der Waals surface area contributed by atoms with Crippen LogP contribution in [0.3, 0.4) is 0 Å². The molecular formula is C11H25NO5SSi. The van der Waals surface area contributed by atoms with Crippen LogP contribution in [0.4, 0.5) is 0 Å². The van der Waals surface area contributed by atoms with Crippen LogP contribution < -0.4 is 4.72 Å². The first-order valence-corrected chi connectivity index (χ1v) is 9.61. The van der Waals surface area contributed by atoms with Crippen LogP contribution in [-0.2, 0) is 24.2 Å². The zero-order valence-electron chi connectivity index (χ0n) is 11.9. The molecule has 6 nitrogen and oxygen atoms in total. The van der Waals surface area contributed by atoms with Gasteiger partial charge in [0.15, 0.2) is 0 Å². The van der Waals surface area contributed by atoms with E-state index in [2.05, 4.69) is 11.3 Å². The topological polar surface area (TPSA) is 73.9 Å². The fraction of sp³-hybridized carbons (Fsp3) is 0.818. The van der Waals surface area contributed by atoms with E-state index in [0.29, 0.717) is 44.4 Å². The highest BCUT2D eigenvalue weighted by molar-refractivity contribution is 7.70. The molecule has 0 aliphatic carbocycles. The third kappa shape index (κ3) is 8.38. The monoisotopic (exact) mass is 311 g/mol. The summed E-state index contributed by atoms with van der Waals surface area (Å²) in [5.74, 6) is 0. The maximum atomic E-state index is 10.5. The minimum Gasteiger partial charge on any atom is -0.374 e. The van der Waals surface area contributed by atoms with Gasteiger partial charge in [0.05, 0.1) is 0 Å². The van der Waals surface area contributed by atoms with Crippen molar-refractivity contribution in [2.75, 3.05) is 19.8 Å². The second kappa shape index (κ2) is 10.4. The van der Waals surface area contributed by atoms with Crippen molar-refractivity contribution >= 4 is 19.7 Å². The molecule has 8 heteroatoms. The zero-order chi connectivity index (χ0) is 14.7. The normalized spacial score (nSPS) is 11.8. The lowest BCUT2D eigenvalue weighted by Crippen LogP contribution is -2.45. The first-order valence-electron chi connectivity index (χ1n) is 6.50. The van der Waals surface area contributed by atoms with Crippen molar-refractivity contribution in [1.29, 1.82) is 0 Å². The molecule has 0 saturated carbocycles. The Balaban J connectivity index is 4.34. The Labute approximate surface area is 118 Å². The lowest BCUT2D eigenvalue weighted by Gasteiger charge is -2.28. The molecule has 0 saturated heterocycles. The fourth-order valence-electron chi connectivity index (χ4n) is 1.70. The van der Waals surface area contributed by atoms with Crippen molar-refractivity contribution in [2.24, 2.45) is 0 Å². The molecule has 0 fully saturated rings. The van der Waals surface area contributed by atoms with Gasteiger partial charge >= 0.3 is 8.80 Å². The van der Waals surface area contributed by atoms with Gasteiger partial charge in [0.25, 0.3) is 0 Å². The van der Waals surface area contributed by atoms with Crippen molar-refractivity contribution < 1.29 is 21.7 Å². The second-order valence-electron chi connectivity index (χ2n) is 3.81. The van der Waals surface area contributed by atoms with Crippen LogP contribution in [0, 0.1) is 0 Å². The van der Waals surface area contributed by atoms with Crippen molar-refractivity contribution in [3.8, 4) is 0 Å². The molecule has 0 bridgehead atoms. The van der Waals surface area contributed by atoms with Crippen LogP contribution in [0.1, 0.15) is 33.6 Å². The smallest absolute Gasteiger partial charge is 0.374 e. The lowest BCUT2D eigenvalue weighted by atomic mass is 10.3. The molecule has 0 unspecified atom stereocenters. The molecule has 0 radical (unpaired) electrons. The average Bonchev–Trinajstić information content (AvgIpc) is 2.28. The first-order chi connectivity index (χ1) is 8.99. The summed E-state index contributed by atoms with van der Waals surface area (Å²) < 4.78 is 40.3. The molecule has 0 aliphatic heterocycles. The van der Waals surface area contributed by atoms with Crippen molar-refractivity contribution in [3.05, 3.63) is 12.3 Å². The Morgan fingerprint density at radius 1 is 1.11 bits per heavy atom. The van der Waals surface area contributed by atoms with E-state index < -0.39 is 19.7 Å². The Morgan fingerprint density at radius 3 is 1.95 bits per heavy atom. The summed E-state index contributed by atoms with van der Waals surface area (Å²) in [5.41, 5.74) is 0.475. The third-order valence-corrected chi connectivity index (χ3v) is 5.95. The van der Waals surface area contributed by atoms with Crippen LogP contribution in [0.15, 0.2) is 12.3 Å². The standard InChI is InChI=1S/C11H25NO5SSi/c1-5-15-19(16-6-2,17-7-3)10-8-9-11(4)12-18(13)14/h18H,4-10H2,1-3H3,(H,12,13,14). The van der Waals surface area contributed by atoms with Gasteiger partial charge in [-0.2, -0.15) is 0 Å². The number of allylic oxidation sites excluding steroid dienone is 1. The average molecular weight is 311 g/mol. The number of rotatable bonds is 12. The van der Waals surface area contributed by atoms with Gasteiger partial charge in [-0.05, 0) is 33.6 Å². The summed E-state index contributed by atoms with van der Waals surface area (Å²) in [6.07, 6.45) is 1.26. The number of hydrogen-bond acceptors (Lipinski definition) is 5. The molecule has 0 aromatic heterocycles. The van der Waals surface area contributed by atoms with Gasteiger partial charge in [0, 0.05) is 31.6 Å². The van der Waals surface area contributed by atoms with Gasteiger partial charge < -0.3 is 13.3 Å². The van der Waals surface area contributed by atoms with E-state index in [1.165, 1.54) is 0 Å². The van der Waals surface area contributed by atoms with Gasteiger partial charge in [-0.15, -0.1) is 0 Å². The number of thiol groups is 1. The van der Waals surface area contributed by atoms with Gasteiger partial charge in [-0.1, -0.05) is 6.58 Å². The van der Waals surface area contributed by atoms with E-state index in [0.717, 1.165) is 0 Å².